The Morgan fingerprint density at radius 1 is 1.22 bits per heavy atom. The van der Waals surface area contributed by atoms with E-state index in [2.05, 4.69) is 19.6 Å². The molecule has 3 heterocycles. The predicted octanol–water partition coefficient (Wildman–Crippen LogP) is 1.51. The van der Waals surface area contributed by atoms with Crippen LogP contribution in [0.15, 0.2) is 30.4 Å². The van der Waals surface area contributed by atoms with Crippen molar-refractivity contribution in [3.63, 3.8) is 0 Å². The Hall–Kier alpha value is -3.00. The second-order valence-electron chi connectivity index (χ2n) is 14.4. The standard InChI is InChI=1S/C37H50NO11/c1-4-22-24(18-31(41)42)23(33(43)46-3)12-13-28(22)47-35-36(45)15-14-26-25-17-27(20(2)21-9-6-5-7-10-21)38-32(25)29(11-8-16-39)49-37(26,34(36)44)30(19-40)48-35/h4,12,17,20-22,24,28,30,34-35,39-40,44-45H,1,5-11,13-16,18-19H2,2-3H3,(H,41,42)/q-1/t20-,22-,24+,28-,30-,34-,35-,36-,37-/m1/s1. The number of carbonyl (C=O) groups excluding carboxylic acids is 1. The molecule has 49 heavy (non-hydrogen) atoms. The number of methoxy groups -OCH3 is 1. The number of fused-ring (bicyclic) bond motifs is 2. The van der Waals surface area contributed by atoms with E-state index in [1.165, 1.54) is 32.4 Å². The van der Waals surface area contributed by atoms with Gasteiger partial charge in [-0.25, -0.2) is 4.79 Å². The van der Waals surface area contributed by atoms with Crippen LogP contribution in [-0.4, -0.2) is 93.6 Å². The Labute approximate surface area is 286 Å². The minimum Gasteiger partial charge on any atom is -0.658 e. The first kappa shape index (κ1) is 35.8. The van der Waals surface area contributed by atoms with Gasteiger partial charge in [-0.15, -0.1) is 6.58 Å². The molecule has 6 rings (SSSR count). The highest BCUT2D eigenvalue weighted by atomic mass is 16.7. The molecular weight excluding hydrogens is 634 g/mol. The van der Waals surface area contributed by atoms with Crippen molar-refractivity contribution in [2.75, 3.05) is 20.3 Å². The summed E-state index contributed by atoms with van der Waals surface area (Å²) in [7, 11) is 1.23. The average molecular weight is 685 g/mol. The first-order valence-electron chi connectivity index (χ1n) is 17.7. The van der Waals surface area contributed by atoms with E-state index in [0.717, 1.165) is 23.8 Å². The zero-order chi connectivity index (χ0) is 35.1. The van der Waals surface area contributed by atoms with Gasteiger partial charge in [0.2, 0.25) is 0 Å². The average Bonchev–Trinajstić information content (AvgIpc) is 3.55. The molecule has 0 amide bonds. The molecule has 12 heteroatoms. The summed E-state index contributed by atoms with van der Waals surface area (Å²) < 4.78 is 24.4. The molecule has 0 unspecified atom stereocenters. The van der Waals surface area contributed by atoms with E-state index in [0.29, 0.717) is 41.9 Å². The lowest BCUT2D eigenvalue weighted by Gasteiger charge is -2.60. The third kappa shape index (κ3) is 6.08. The normalized spacial score (nSPS) is 35.0. The van der Waals surface area contributed by atoms with E-state index in [4.69, 9.17) is 23.9 Å². The molecule has 1 spiro atoms. The van der Waals surface area contributed by atoms with E-state index < -0.39 is 66.2 Å². The van der Waals surface area contributed by atoms with Gasteiger partial charge in [-0.3, -0.25) is 4.79 Å². The molecule has 3 aliphatic carbocycles. The number of aromatic nitrogens is 1. The number of rotatable bonds is 12. The molecule has 1 saturated heterocycles. The third-order valence-corrected chi connectivity index (χ3v) is 11.8. The minimum absolute atomic E-state index is 0.0504. The summed E-state index contributed by atoms with van der Waals surface area (Å²) in [6.45, 7) is 5.45. The molecule has 3 fully saturated rings. The van der Waals surface area contributed by atoms with Crippen LogP contribution in [0, 0.1) is 17.8 Å². The molecule has 0 radical (unpaired) electrons. The zero-order valence-corrected chi connectivity index (χ0v) is 28.4. The molecule has 2 aliphatic heterocycles. The van der Waals surface area contributed by atoms with E-state index in [-0.39, 0.29) is 37.4 Å². The number of aliphatic carboxylic acids is 1. The molecule has 1 aromatic heterocycles. The van der Waals surface area contributed by atoms with Gasteiger partial charge in [-0.2, -0.15) is 5.69 Å². The molecular formula is C37H50NO11-. The van der Waals surface area contributed by atoms with Crippen LogP contribution in [0.2, 0.25) is 0 Å². The number of nitrogens with zero attached hydrogens (tertiary/aromatic N) is 1. The van der Waals surface area contributed by atoms with Crippen molar-refractivity contribution in [1.29, 1.82) is 0 Å². The minimum atomic E-state index is -1.98. The maximum Gasteiger partial charge on any atom is 0.333 e. The number of esters is 1. The van der Waals surface area contributed by atoms with Crippen LogP contribution >= 0.6 is 0 Å². The fraction of sp³-hybridized carbons (Fsp3) is 0.676. The van der Waals surface area contributed by atoms with Crippen LogP contribution in [0.25, 0.3) is 11.3 Å². The maximum atomic E-state index is 12.5. The number of carbonyl (C=O) groups is 2. The lowest BCUT2D eigenvalue weighted by molar-refractivity contribution is -0.372. The first-order chi connectivity index (χ1) is 23.5. The maximum absolute atomic E-state index is 12.5. The van der Waals surface area contributed by atoms with Crippen LogP contribution in [-0.2, 0) is 28.5 Å². The van der Waals surface area contributed by atoms with Crippen molar-refractivity contribution in [1.82, 2.24) is 4.98 Å². The van der Waals surface area contributed by atoms with E-state index in [9.17, 15) is 35.1 Å². The molecule has 2 saturated carbocycles. The number of hydrogen-bond acceptors (Lipinski definition) is 10. The van der Waals surface area contributed by atoms with Crippen molar-refractivity contribution in [2.45, 2.75) is 119 Å². The van der Waals surface area contributed by atoms with E-state index >= 15 is 0 Å². The van der Waals surface area contributed by atoms with Crippen LogP contribution in [0.4, 0.5) is 0 Å². The summed E-state index contributed by atoms with van der Waals surface area (Å²) in [5.41, 5.74) is -1.76. The van der Waals surface area contributed by atoms with Crippen LogP contribution in [0.3, 0.4) is 0 Å². The lowest BCUT2D eigenvalue weighted by atomic mass is 9.63. The fourth-order valence-electron chi connectivity index (χ4n) is 9.11. The van der Waals surface area contributed by atoms with Crippen molar-refractivity contribution in [3.05, 3.63) is 46.6 Å². The number of hydrogen-bond donors (Lipinski definition) is 5. The third-order valence-electron chi connectivity index (χ3n) is 11.8. The van der Waals surface area contributed by atoms with Gasteiger partial charge in [-0.05, 0) is 61.2 Å². The Morgan fingerprint density at radius 3 is 2.63 bits per heavy atom. The smallest absolute Gasteiger partial charge is 0.333 e. The quantitative estimate of drug-likeness (QED) is 0.158. The highest BCUT2D eigenvalue weighted by Crippen LogP contribution is 2.54. The van der Waals surface area contributed by atoms with Gasteiger partial charge >= 0.3 is 11.9 Å². The number of ether oxygens (including phenoxy) is 4. The lowest BCUT2D eigenvalue weighted by Crippen LogP contribution is -2.78. The molecule has 5 aliphatic rings. The Bertz CT molecular complexity index is 1580. The Morgan fingerprint density at radius 2 is 1.98 bits per heavy atom. The second kappa shape index (κ2) is 14.3. The topological polar surface area (TPSA) is 186 Å². The number of carboxylic acids is 1. The van der Waals surface area contributed by atoms with Crippen LogP contribution < -0.4 is 15.6 Å². The van der Waals surface area contributed by atoms with Gasteiger partial charge in [0.25, 0.3) is 0 Å². The summed E-state index contributed by atoms with van der Waals surface area (Å²) >= 11 is 0. The Balaban J connectivity index is 1.37. The summed E-state index contributed by atoms with van der Waals surface area (Å²) in [6.07, 6.45) is 4.96. The van der Waals surface area contributed by atoms with Crippen LogP contribution in [0.5, 0.6) is 0 Å². The highest BCUT2D eigenvalue weighted by Gasteiger charge is 2.69. The van der Waals surface area contributed by atoms with Gasteiger partial charge in [-0.1, -0.05) is 49.8 Å². The molecule has 5 N–H and O–H groups in total. The molecule has 270 valence electrons. The molecule has 9 atom stereocenters. The fourth-order valence-corrected chi connectivity index (χ4v) is 9.11. The predicted molar refractivity (Wildman–Crippen MR) is 176 cm³/mol. The van der Waals surface area contributed by atoms with Gasteiger partial charge in [0.15, 0.2) is 11.9 Å². The second-order valence-corrected chi connectivity index (χ2v) is 14.4. The SMILES string of the molecule is C=C[C@@H]1[C@H](CC(=O)O)C(C(=O)OC)=CC[C@H]1O[C@@H]1O[C@H](CO)[C@]23OC(CCCO)=c4[n-]c([C@H](C)C5CCCCC5)cc4=C2CC[C@@]1(O)[C@H]3O. The first-order valence-corrected chi connectivity index (χ1v) is 17.7. The summed E-state index contributed by atoms with van der Waals surface area (Å²) in [6, 6.07) is 2.08. The van der Waals surface area contributed by atoms with Crippen molar-refractivity contribution >= 4 is 23.3 Å². The molecule has 0 aromatic carbocycles. The zero-order valence-electron chi connectivity index (χ0n) is 28.4. The largest absolute Gasteiger partial charge is 0.658 e. The van der Waals surface area contributed by atoms with Crippen molar-refractivity contribution in [3.8, 4) is 0 Å². The summed E-state index contributed by atoms with van der Waals surface area (Å²) in [5, 5.41) is 56.2. The monoisotopic (exact) mass is 684 g/mol. The van der Waals surface area contributed by atoms with Crippen molar-refractivity contribution in [2.24, 2.45) is 17.8 Å². The number of aliphatic hydroxyl groups is 4. The van der Waals surface area contributed by atoms with E-state index in [1.54, 1.807) is 6.08 Å². The number of carboxylic acid groups (broad SMARTS) is 1. The molecule has 2 bridgehead atoms. The van der Waals surface area contributed by atoms with Gasteiger partial charge in [0, 0.05) is 30.4 Å². The highest BCUT2D eigenvalue weighted by molar-refractivity contribution is 5.90. The van der Waals surface area contributed by atoms with Crippen LogP contribution in [0.1, 0.15) is 89.2 Å². The Kier molecular flexibility index (Phi) is 10.5. The molecule has 12 nitrogen and oxygen atoms in total. The van der Waals surface area contributed by atoms with E-state index in [1.807, 2.05) is 0 Å². The summed E-state index contributed by atoms with van der Waals surface area (Å²) in [5.74, 6) is -2.04. The van der Waals surface area contributed by atoms with Gasteiger partial charge in [0.05, 0.1) is 32.0 Å². The summed E-state index contributed by atoms with van der Waals surface area (Å²) in [4.78, 5) is 29.4. The van der Waals surface area contributed by atoms with Gasteiger partial charge < -0.3 is 49.5 Å². The van der Waals surface area contributed by atoms with Crippen molar-refractivity contribution < 1.29 is 54.1 Å². The molecule has 1 aromatic rings. The van der Waals surface area contributed by atoms with Gasteiger partial charge in [0.1, 0.15) is 17.8 Å². The number of aliphatic hydroxyl groups excluding tert-OH is 3.